The summed E-state index contributed by atoms with van der Waals surface area (Å²) >= 11 is 6.00. The lowest BCUT2D eigenvalue weighted by atomic mass is 10.2. The van der Waals surface area contributed by atoms with Crippen molar-refractivity contribution in [2.45, 2.75) is 18.9 Å². The van der Waals surface area contributed by atoms with Crippen LogP contribution in [0.25, 0.3) is 17.1 Å². The molecule has 1 fully saturated rings. The second-order valence-corrected chi connectivity index (χ2v) is 7.04. The number of amides is 1. The zero-order valence-corrected chi connectivity index (χ0v) is 15.7. The Morgan fingerprint density at radius 1 is 1.33 bits per heavy atom. The van der Waals surface area contributed by atoms with Gasteiger partial charge in [0.25, 0.3) is 5.91 Å². The first-order valence-corrected chi connectivity index (χ1v) is 9.26. The third-order valence-electron chi connectivity index (χ3n) is 4.62. The number of likely N-dealkylation sites (N-methyl/N-ethyl adjacent to an activating group) is 1. The molecule has 0 aliphatic carbocycles. The maximum absolute atomic E-state index is 12.9. The van der Waals surface area contributed by atoms with Crippen LogP contribution in [-0.2, 0) is 4.74 Å². The highest BCUT2D eigenvalue weighted by Crippen LogP contribution is 2.26. The first kappa shape index (κ1) is 17.8. The molecule has 3 heterocycles. The molecule has 4 rings (SSSR count). The highest BCUT2D eigenvalue weighted by Gasteiger charge is 2.24. The molecule has 0 saturated carbocycles. The summed E-state index contributed by atoms with van der Waals surface area (Å²) in [6, 6.07) is 12.7. The predicted molar refractivity (Wildman–Crippen MR) is 102 cm³/mol. The molecule has 0 spiro atoms. The van der Waals surface area contributed by atoms with Crippen LogP contribution >= 0.6 is 11.6 Å². The normalized spacial score (nSPS) is 16.6. The van der Waals surface area contributed by atoms with E-state index in [1.807, 2.05) is 18.2 Å². The van der Waals surface area contributed by atoms with Crippen molar-refractivity contribution in [3.8, 4) is 17.1 Å². The van der Waals surface area contributed by atoms with Crippen LogP contribution in [0, 0.1) is 0 Å². The Kier molecular flexibility index (Phi) is 5.01. The van der Waals surface area contributed by atoms with Crippen LogP contribution in [0.5, 0.6) is 0 Å². The van der Waals surface area contributed by atoms with Gasteiger partial charge in [0.2, 0.25) is 0 Å². The zero-order valence-electron chi connectivity index (χ0n) is 15.0. The average Bonchev–Trinajstić information content (AvgIpc) is 3.42. The molecule has 2 aromatic heterocycles. The summed E-state index contributed by atoms with van der Waals surface area (Å²) in [6.45, 7) is 1.32. The summed E-state index contributed by atoms with van der Waals surface area (Å²) in [7, 11) is 1.78. The third-order valence-corrected chi connectivity index (χ3v) is 4.87. The van der Waals surface area contributed by atoms with Gasteiger partial charge in [-0.2, -0.15) is 5.10 Å². The Morgan fingerprint density at radius 3 is 2.81 bits per heavy atom. The number of furan rings is 1. The minimum Gasteiger partial charge on any atom is -0.463 e. The molecule has 1 atom stereocenters. The van der Waals surface area contributed by atoms with Crippen molar-refractivity contribution < 1.29 is 13.9 Å². The summed E-state index contributed by atoms with van der Waals surface area (Å²) in [5, 5.41) is 5.18. The maximum Gasteiger partial charge on any atom is 0.274 e. The molecule has 3 aromatic rings. The zero-order chi connectivity index (χ0) is 18.8. The van der Waals surface area contributed by atoms with Crippen LogP contribution in [0.4, 0.5) is 0 Å². The first-order valence-electron chi connectivity index (χ1n) is 8.89. The Labute approximate surface area is 162 Å². The van der Waals surface area contributed by atoms with Gasteiger partial charge < -0.3 is 14.1 Å². The summed E-state index contributed by atoms with van der Waals surface area (Å²) < 4.78 is 12.9. The molecule has 1 saturated heterocycles. The number of hydrogen-bond acceptors (Lipinski definition) is 4. The van der Waals surface area contributed by atoms with Crippen molar-refractivity contribution >= 4 is 17.5 Å². The molecule has 1 aromatic carbocycles. The number of benzene rings is 1. The molecule has 1 amide bonds. The number of rotatable bonds is 5. The van der Waals surface area contributed by atoms with Gasteiger partial charge in [0.15, 0.2) is 11.5 Å². The number of carbonyl (C=O) groups is 1. The van der Waals surface area contributed by atoms with Crippen LogP contribution in [0.15, 0.2) is 53.1 Å². The van der Waals surface area contributed by atoms with Crippen LogP contribution in [0.2, 0.25) is 5.02 Å². The lowest BCUT2D eigenvalue weighted by Gasteiger charge is -2.19. The number of aromatic nitrogens is 2. The smallest absolute Gasteiger partial charge is 0.274 e. The lowest BCUT2D eigenvalue weighted by Crippen LogP contribution is -2.34. The first-order chi connectivity index (χ1) is 13.1. The van der Waals surface area contributed by atoms with E-state index in [9.17, 15) is 4.79 Å². The largest absolute Gasteiger partial charge is 0.463 e. The van der Waals surface area contributed by atoms with Gasteiger partial charge in [-0.15, -0.1) is 0 Å². The van der Waals surface area contributed by atoms with E-state index in [-0.39, 0.29) is 12.0 Å². The molecule has 7 heteroatoms. The van der Waals surface area contributed by atoms with Gasteiger partial charge in [0, 0.05) is 31.3 Å². The summed E-state index contributed by atoms with van der Waals surface area (Å²) in [5.41, 5.74) is 1.86. The van der Waals surface area contributed by atoms with E-state index in [1.165, 1.54) is 0 Å². The van der Waals surface area contributed by atoms with Gasteiger partial charge in [0.1, 0.15) is 5.69 Å². The number of halogens is 1. The van der Waals surface area contributed by atoms with Gasteiger partial charge in [0.05, 0.1) is 18.1 Å². The number of nitrogens with zero attached hydrogens (tertiary/aromatic N) is 3. The Morgan fingerprint density at radius 2 is 2.15 bits per heavy atom. The van der Waals surface area contributed by atoms with Crippen molar-refractivity contribution in [3.05, 3.63) is 59.4 Å². The fourth-order valence-corrected chi connectivity index (χ4v) is 3.36. The van der Waals surface area contributed by atoms with Gasteiger partial charge in [-0.05, 0) is 49.2 Å². The van der Waals surface area contributed by atoms with Gasteiger partial charge in [-0.25, -0.2) is 4.68 Å². The predicted octanol–water partition coefficient (Wildman–Crippen LogP) is 4.04. The monoisotopic (exact) mass is 385 g/mol. The molecule has 27 heavy (non-hydrogen) atoms. The SMILES string of the molecule is CN(CC1CCCO1)C(=O)c1cc(-c2ccco2)n(-c2ccc(Cl)cc2)n1. The summed E-state index contributed by atoms with van der Waals surface area (Å²) in [6.07, 6.45) is 3.72. The molecular weight excluding hydrogens is 366 g/mol. The lowest BCUT2D eigenvalue weighted by molar-refractivity contribution is 0.0582. The second kappa shape index (κ2) is 7.58. The Balaban J connectivity index is 1.66. The molecule has 0 bridgehead atoms. The topological polar surface area (TPSA) is 60.5 Å². The van der Waals surface area contributed by atoms with Crippen molar-refractivity contribution in [2.75, 3.05) is 20.2 Å². The number of ether oxygens (including phenoxy) is 1. The van der Waals surface area contributed by atoms with Crippen LogP contribution in [-0.4, -0.2) is 46.9 Å². The summed E-state index contributed by atoms with van der Waals surface area (Å²) in [4.78, 5) is 14.6. The second-order valence-electron chi connectivity index (χ2n) is 6.60. The van der Waals surface area contributed by atoms with Crippen LogP contribution in [0.3, 0.4) is 0 Å². The van der Waals surface area contributed by atoms with E-state index in [2.05, 4.69) is 5.10 Å². The third kappa shape index (κ3) is 3.77. The van der Waals surface area contributed by atoms with E-state index < -0.39 is 0 Å². The standard InChI is InChI=1S/C20H20ClN3O3/c1-23(13-16-4-2-10-26-16)20(25)17-12-18(19-5-3-11-27-19)24(22-17)15-8-6-14(21)7-9-15/h3,5-9,11-12,16H,2,4,10,13H2,1H3. The van der Waals surface area contributed by atoms with Crippen molar-refractivity contribution in [3.63, 3.8) is 0 Å². The average molecular weight is 386 g/mol. The van der Waals surface area contributed by atoms with E-state index in [0.29, 0.717) is 28.7 Å². The Bertz CT molecular complexity index is 913. The van der Waals surface area contributed by atoms with Crippen molar-refractivity contribution in [1.29, 1.82) is 0 Å². The van der Waals surface area contributed by atoms with Crippen LogP contribution < -0.4 is 0 Å². The van der Waals surface area contributed by atoms with E-state index in [4.69, 9.17) is 20.8 Å². The molecule has 6 nitrogen and oxygen atoms in total. The molecular formula is C20H20ClN3O3. The Hall–Kier alpha value is -2.57. The minimum absolute atomic E-state index is 0.0989. The fourth-order valence-electron chi connectivity index (χ4n) is 3.24. The van der Waals surface area contributed by atoms with Gasteiger partial charge in [-0.1, -0.05) is 11.6 Å². The highest BCUT2D eigenvalue weighted by atomic mass is 35.5. The van der Waals surface area contributed by atoms with Crippen molar-refractivity contribution in [2.24, 2.45) is 0 Å². The molecule has 0 N–H and O–H groups in total. The highest BCUT2D eigenvalue weighted by molar-refractivity contribution is 6.30. The van der Waals surface area contributed by atoms with Gasteiger partial charge in [-0.3, -0.25) is 4.79 Å². The molecule has 1 aliphatic heterocycles. The minimum atomic E-state index is -0.147. The van der Waals surface area contributed by atoms with E-state index in [1.54, 1.807) is 47.2 Å². The molecule has 140 valence electrons. The van der Waals surface area contributed by atoms with E-state index >= 15 is 0 Å². The molecule has 1 unspecified atom stereocenters. The summed E-state index contributed by atoms with van der Waals surface area (Å²) in [5.74, 6) is 0.490. The number of hydrogen-bond donors (Lipinski definition) is 0. The maximum atomic E-state index is 12.9. The van der Waals surface area contributed by atoms with Gasteiger partial charge >= 0.3 is 0 Å². The number of carbonyl (C=O) groups excluding carboxylic acids is 1. The van der Waals surface area contributed by atoms with Crippen LogP contribution in [0.1, 0.15) is 23.3 Å². The molecule has 1 aliphatic rings. The fraction of sp³-hybridized carbons (Fsp3) is 0.300. The van der Waals surface area contributed by atoms with Crippen molar-refractivity contribution in [1.82, 2.24) is 14.7 Å². The quantitative estimate of drug-likeness (QED) is 0.665. The molecule has 0 radical (unpaired) electrons. The van der Waals surface area contributed by atoms with E-state index in [0.717, 1.165) is 25.1 Å².